The molecule has 0 saturated carbocycles. The first kappa shape index (κ1) is 13.6. The summed E-state index contributed by atoms with van der Waals surface area (Å²) in [5.41, 5.74) is 1.41. The van der Waals surface area contributed by atoms with Crippen LogP contribution >= 0.6 is 31.9 Å². The minimum Gasteiger partial charge on any atom is -0.378 e. The van der Waals surface area contributed by atoms with Crippen LogP contribution in [0.3, 0.4) is 0 Å². The lowest BCUT2D eigenvalue weighted by molar-refractivity contribution is 0.101. The molecule has 94 valence electrons. The van der Waals surface area contributed by atoms with Gasteiger partial charge in [0.05, 0.1) is 6.10 Å². The molecule has 1 aliphatic heterocycles. The lowest BCUT2D eigenvalue weighted by Crippen LogP contribution is -2.09. The zero-order valence-corrected chi connectivity index (χ0v) is 13.0. The number of rotatable bonds is 5. The van der Waals surface area contributed by atoms with Gasteiger partial charge in [0, 0.05) is 16.4 Å². The molecule has 1 aliphatic rings. The largest absolute Gasteiger partial charge is 0.378 e. The Kier molecular flexibility index (Phi) is 5.51. The smallest absolute Gasteiger partial charge is 0.0576 e. The van der Waals surface area contributed by atoms with Crippen molar-refractivity contribution in [3.8, 4) is 0 Å². The molecule has 0 spiro atoms. The molecule has 2 rings (SSSR count). The highest BCUT2D eigenvalue weighted by molar-refractivity contribution is 9.10. The Bertz CT molecular complexity index is 348. The van der Waals surface area contributed by atoms with Crippen molar-refractivity contribution >= 4 is 31.9 Å². The summed E-state index contributed by atoms with van der Waals surface area (Å²) < 4.78 is 6.85. The van der Waals surface area contributed by atoms with Gasteiger partial charge in [-0.2, -0.15) is 0 Å². The normalized spacial score (nSPS) is 21.6. The Morgan fingerprint density at radius 1 is 1.41 bits per heavy atom. The van der Waals surface area contributed by atoms with Crippen LogP contribution in [0.15, 0.2) is 28.7 Å². The highest BCUT2D eigenvalue weighted by atomic mass is 79.9. The zero-order chi connectivity index (χ0) is 12.1. The monoisotopic (exact) mass is 360 g/mol. The van der Waals surface area contributed by atoms with Crippen molar-refractivity contribution in [2.24, 2.45) is 0 Å². The van der Waals surface area contributed by atoms with Crippen LogP contribution in [0.4, 0.5) is 0 Å². The molecule has 1 saturated heterocycles. The Balaban J connectivity index is 1.91. The van der Waals surface area contributed by atoms with E-state index in [4.69, 9.17) is 4.74 Å². The van der Waals surface area contributed by atoms with E-state index in [0.717, 1.165) is 16.4 Å². The molecule has 0 aliphatic carbocycles. The van der Waals surface area contributed by atoms with Gasteiger partial charge in [-0.25, -0.2) is 0 Å². The number of ether oxygens (including phenoxy) is 1. The summed E-state index contributed by atoms with van der Waals surface area (Å²) in [6.45, 7) is 0.959. The summed E-state index contributed by atoms with van der Waals surface area (Å²) in [6, 6.07) is 8.63. The van der Waals surface area contributed by atoms with Crippen molar-refractivity contribution in [3.05, 3.63) is 34.3 Å². The van der Waals surface area contributed by atoms with Gasteiger partial charge in [0.2, 0.25) is 0 Å². The van der Waals surface area contributed by atoms with Crippen LogP contribution in [0, 0.1) is 0 Å². The second-order valence-electron chi connectivity index (χ2n) is 4.62. The summed E-state index contributed by atoms with van der Waals surface area (Å²) in [7, 11) is 0. The molecule has 1 aromatic carbocycles. The second-order valence-corrected chi connectivity index (χ2v) is 6.18. The van der Waals surface area contributed by atoms with E-state index in [2.05, 4.69) is 56.1 Å². The number of benzene rings is 1. The summed E-state index contributed by atoms with van der Waals surface area (Å²) in [5.74, 6) is 0.594. The van der Waals surface area contributed by atoms with E-state index in [1.54, 1.807) is 0 Å². The van der Waals surface area contributed by atoms with Crippen molar-refractivity contribution in [2.45, 2.75) is 37.7 Å². The minimum absolute atomic E-state index is 0.503. The number of hydrogen-bond donors (Lipinski definition) is 0. The van der Waals surface area contributed by atoms with Gasteiger partial charge in [0.15, 0.2) is 0 Å². The predicted molar refractivity (Wildman–Crippen MR) is 78.9 cm³/mol. The van der Waals surface area contributed by atoms with Gasteiger partial charge in [-0.05, 0) is 49.3 Å². The van der Waals surface area contributed by atoms with Gasteiger partial charge < -0.3 is 4.74 Å². The van der Waals surface area contributed by atoms with Crippen LogP contribution < -0.4 is 0 Å². The highest BCUT2D eigenvalue weighted by Crippen LogP contribution is 2.28. The molecule has 0 aromatic heterocycles. The molecule has 17 heavy (non-hydrogen) atoms. The molecule has 0 bridgehead atoms. The van der Waals surface area contributed by atoms with E-state index in [-0.39, 0.29) is 0 Å². The third-order valence-electron chi connectivity index (χ3n) is 3.37. The molecule has 3 heteroatoms. The molecule has 1 aromatic rings. The second kappa shape index (κ2) is 6.91. The Morgan fingerprint density at radius 2 is 2.29 bits per heavy atom. The van der Waals surface area contributed by atoms with Crippen LogP contribution in [0.2, 0.25) is 0 Å². The molecule has 1 fully saturated rings. The average molecular weight is 362 g/mol. The fraction of sp³-hybridized carbons (Fsp3) is 0.571. The Hall–Kier alpha value is 0.140. The van der Waals surface area contributed by atoms with E-state index < -0.39 is 0 Å². The molecular weight excluding hydrogens is 344 g/mol. The van der Waals surface area contributed by atoms with E-state index in [0.29, 0.717) is 12.0 Å². The highest BCUT2D eigenvalue weighted by Gasteiger charge is 2.18. The fourth-order valence-corrected chi connectivity index (χ4v) is 3.47. The molecule has 2 atom stereocenters. The van der Waals surface area contributed by atoms with Crippen molar-refractivity contribution in [1.82, 2.24) is 0 Å². The summed E-state index contributed by atoms with van der Waals surface area (Å²) in [5, 5.41) is 1.02. The third kappa shape index (κ3) is 4.08. The van der Waals surface area contributed by atoms with E-state index >= 15 is 0 Å². The topological polar surface area (TPSA) is 9.23 Å². The first-order chi connectivity index (χ1) is 8.29. The molecule has 0 amide bonds. The molecule has 1 nitrogen and oxygen atoms in total. The molecule has 1 heterocycles. The van der Waals surface area contributed by atoms with Crippen molar-refractivity contribution in [1.29, 1.82) is 0 Å². The van der Waals surface area contributed by atoms with Crippen LogP contribution in [0.25, 0.3) is 0 Å². The average Bonchev–Trinajstić information content (AvgIpc) is 2.83. The van der Waals surface area contributed by atoms with Gasteiger partial charge in [0.1, 0.15) is 0 Å². The van der Waals surface area contributed by atoms with E-state index in [9.17, 15) is 0 Å². The van der Waals surface area contributed by atoms with Crippen molar-refractivity contribution in [2.75, 3.05) is 11.9 Å². The van der Waals surface area contributed by atoms with Gasteiger partial charge in [-0.1, -0.05) is 44.0 Å². The van der Waals surface area contributed by atoms with Gasteiger partial charge in [0.25, 0.3) is 0 Å². The summed E-state index contributed by atoms with van der Waals surface area (Å²) in [4.78, 5) is 0. The van der Waals surface area contributed by atoms with Crippen LogP contribution in [0.5, 0.6) is 0 Å². The lowest BCUT2D eigenvalue weighted by Gasteiger charge is -2.17. The first-order valence-corrected chi connectivity index (χ1v) is 8.14. The predicted octanol–water partition coefficient (Wildman–Crippen LogP) is 4.89. The molecule has 0 N–H and O–H groups in total. The van der Waals surface area contributed by atoms with E-state index in [1.165, 1.54) is 31.2 Å². The van der Waals surface area contributed by atoms with Gasteiger partial charge in [-0.15, -0.1) is 0 Å². The maximum atomic E-state index is 5.68. The maximum Gasteiger partial charge on any atom is 0.0576 e. The van der Waals surface area contributed by atoms with Crippen molar-refractivity contribution < 1.29 is 4.74 Å². The van der Waals surface area contributed by atoms with Crippen LogP contribution in [-0.4, -0.2) is 18.0 Å². The SMILES string of the molecule is BrCC(CCC1CCCO1)c1cccc(Br)c1. The van der Waals surface area contributed by atoms with Crippen LogP contribution in [0.1, 0.15) is 37.2 Å². The van der Waals surface area contributed by atoms with Gasteiger partial charge in [-0.3, -0.25) is 0 Å². The Morgan fingerprint density at radius 3 is 2.94 bits per heavy atom. The summed E-state index contributed by atoms with van der Waals surface area (Å²) in [6.07, 6.45) is 5.37. The van der Waals surface area contributed by atoms with Crippen LogP contribution in [-0.2, 0) is 4.74 Å². The lowest BCUT2D eigenvalue weighted by atomic mass is 9.94. The quantitative estimate of drug-likeness (QED) is 0.678. The standard InChI is InChI=1S/C14H18Br2O/c15-10-12(6-7-14-5-2-8-17-14)11-3-1-4-13(16)9-11/h1,3-4,9,12,14H,2,5-8,10H2. The number of halogens is 2. The maximum absolute atomic E-state index is 5.68. The Labute approximate surface area is 120 Å². The molecule has 0 radical (unpaired) electrons. The fourth-order valence-electron chi connectivity index (χ4n) is 2.35. The molecule has 2 unspecified atom stereocenters. The summed E-state index contributed by atoms with van der Waals surface area (Å²) >= 11 is 7.17. The minimum atomic E-state index is 0.503. The van der Waals surface area contributed by atoms with Crippen molar-refractivity contribution in [3.63, 3.8) is 0 Å². The van der Waals surface area contributed by atoms with E-state index in [1.807, 2.05) is 0 Å². The van der Waals surface area contributed by atoms with Gasteiger partial charge >= 0.3 is 0 Å². The molecular formula is C14H18Br2O. The zero-order valence-electron chi connectivity index (χ0n) is 9.87. The number of hydrogen-bond acceptors (Lipinski definition) is 1. The first-order valence-electron chi connectivity index (χ1n) is 6.22. The number of alkyl halides is 1. The third-order valence-corrected chi connectivity index (χ3v) is 4.64.